The lowest BCUT2D eigenvalue weighted by atomic mass is 10.3. The number of rotatable bonds is 18. The first-order chi connectivity index (χ1) is 17.9. The third-order valence-electron chi connectivity index (χ3n) is 4.54. The maximum atomic E-state index is 12.9. The zero-order chi connectivity index (χ0) is 26.9. The molecule has 0 unspecified atom stereocenters. The van der Waals surface area contributed by atoms with Crippen LogP contribution in [0.4, 0.5) is 0 Å². The van der Waals surface area contributed by atoms with Crippen molar-refractivity contribution < 1.29 is 46.4 Å². The summed E-state index contributed by atoms with van der Waals surface area (Å²) in [5, 5.41) is 0. The minimum atomic E-state index is -3.72. The summed E-state index contributed by atoms with van der Waals surface area (Å²) in [7, 11) is -3.72. The van der Waals surface area contributed by atoms with Gasteiger partial charge in [0.2, 0.25) is 9.84 Å². The van der Waals surface area contributed by atoms with Crippen molar-refractivity contribution >= 4 is 21.8 Å². The van der Waals surface area contributed by atoms with E-state index in [-0.39, 0.29) is 62.6 Å². The van der Waals surface area contributed by atoms with Crippen molar-refractivity contribution in [2.24, 2.45) is 0 Å². The molecule has 0 bridgehead atoms. The highest BCUT2D eigenvalue weighted by atomic mass is 32.2. The van der Waals surface area contributed by atoms with E-state index in [2.05, 4.69) is 13.2 Å². The van der Waals surface area contributed by atoms with Gasteiger partial charge in [-0.1, -0.05) is 13.2 Å². The van der Waals surface area contributed by atoms with E-state index in [1.807, 2.05) is 0 Å². The van der Waals surface area contributed by atoms with Gasteiger partial charge in [0, 0.05) is 12.2 Å². The molecule has 0 aliphatic rings. The largest absolute Gasteiger partial charge is 0.491 e. The van der Waals surface area contributed by atoms with E-state index in [1.54, 1.807) is 24.3 Å². The quantitative estimate of drug-likeness (QED) is 0.160. The predicted octanol–water partition coefficient (Wildman–Crippen LogP) is 2.77. The standard InChI is InChI=1S/C26H30O10S/c1-3-25(27)35-19-15-31-13-17-33-21-5-9-23(10-6-21)37(29,30)24-11-7-22(8-12-24)34-18-14-32-16-20-36-26(28)4-2/h3-12H,1-2,13-20H2. The Kier molecular flexibility index (Phi) is 12.9. The molecule has 0 amide bonds. The van der Waals surface area contributed by atoms with Crippen molar-refractivity contribution in [1.82, 2.24) is 0 Å². The van der Waals surface area contributed by atoms with E-state index < -0.39 is 21.8 Å². The van der Waals surface area contributed by atoms with Crippen LogP contribution in [0.3, 0.4) is 0 Å². The van der Waals surface area contributed by atoms with Crippen LogP contribution in [0.5, 0.6) is 11.5 Å². The van der Waals surface area contributed by atoms with Crippen LogP contribution in [-0.4, -0.2) is 73.2 Å². The summed E-state index contributed by atoms with van der Waals surface area (Å²) < 4.78 is 57.0. The maximum absolute atomic E-state index is 12.9. The molecule has 10 nitrogen and oxygen atoms in total. The molecular formula is C26H30O10S. The van der Waals surface area contributed by atoms with Crippen molar-refractivity contribution in [3.8, 4) is 11.5 Å². The molecule has 0 saturated carbocycles. The van der Waals surface area contributed by atoms with E-state index >= 15 is 0 Å². The summed E-state index contributed by atoms with van der Waals surface area (Å²) in [4.78, 5) is 22.0. The molecule has 37 heavy (non-hydrogen) atoms. The van der Waals surface area contributed by atoms with Gasteiger partial charge in [-0.3, -0.25) is 0 Å². The van der Waals surface area contributed by atoms with Crippen LogP contribution < -0.4 is 9.47 Å². The lowest BCUT2D eigenvalue weighted by Crippen LogP contribution is -2.12. The minimum absolute atomic E-state index is 0.121. The molecule has 0 saturated heterocycles. The van der Waals surface area contributed by atoms with Crippen LogP contribution in [-0.2, 0) is 38.4 Å². The Morgan fingerprint density at radius 3 is 1.30 bits per heavy atom. The van der Waals surface area contributed by atoms with Gasteiger partial charge in [0.05, 0.1) is 36.2 Å². The monoisotopic (exact) mass is 534 g/mol. The van der Waals surface area contributed by atoms with Crippen LogP contribution in [0, 0.1) is 0 Å². The summed E-state index contributed by atoms with van der Waals surface area (Å²) in [5.74, 6) is -0.0394. The maximum Gasteiger partial charge on any atom is 0.330 e. The van der Waals surface area contributed by atoms with Gasteiger partial charge in [0.1, 0.15) is 37.9 Å². The zero-order valence-electron chi connectivity index (χ0n) is 20.3. The number of esters is 2. The van der Waals surface area contributed by atoms with Gasteiger partial charge in [-0.2, -0.15) is 0 Å². The van der Waals surface area contributed by atoms with Crippen molar-refractivity contribution in [2.45, 2.75) is 9.79 Å². The summed E-state index contributed by atoms with van der Waals surface area (Å²) in [6.07, 6.45) is 2.15. The second-order valence-corrected chi connectivity index (χ2v) is 9.06. The number of sulfone groups is 1. The molecule has 0 aliphatic carbocycles. The number of carbonyl (C=O) groups is 2. The third kappa shape index (κ3) is 10.9. The van der Waals surface area contributed by atoms with Gasteiger partial charge >= 0.3 is 11.9 Å². The number of hydrogen-bond donors (Lipinski definition) is 0. The topological polar surface area (TPSA) is 124 Å². The molecule has 200 valence electrons. The van der Waals surface area contributed by atoms with Crippen LogP contribution in [0.25, 0.3) is 0 Å². The molecule has 2 aromatic carbocycles. The van der Waals surface area contributed by atoms with Gasteiger partial charge in [-0.25, -0.2) is 18.0 Å². The second-order valence-electron chi connectivity index (χ2n) is 7.11. The van der Waals surface area contributed by atoms with E-state index in [0.29, 0.717) is 11.5 Å². The zero-order valence-corrected chi connectivity index (χ0v) is 21.2. The SMILES string of the molecule is C=CC(=O)OCCOCCOc1ccc(S(=O)(=O)c2ccc(OCCOCCOC(=O)C=C)cc2)cc1. The number of carbonyl (C=O) groups excluding carboxylic acids is 2. The van der Waals surface area contributed by atoms with Crippen LogP contribution in [0.1, 0.15) is 0 Å². The Balaban J connectivity index is 1.73. The van der Waals surface area contributed by atoms with Gasteiger partial charge in [0.25, 0.3) is 0 Å². The average molecular weight is 535 g/mol. The predicted molar refractivity (Wildman–Crippen MR) is 133 cm³/mol. The Bertz CT molecular complexity index is 1030. The van der Waals surface area contributed by atoms with Gasteiger partial charge in [0.15, 0.2) is 0 Å². The molecule has 2 aromatic rings. The summed E-state index contributed by atoms with van der Waals surface area (Å²) in [6, 6.07) is 12.1. The fraction of sp³-hybridized carbons (Fsp3) is 0.308. The molecule has 0 spiro atoms. The molecule has 11 heteroatoms. The Hall–Kier alpha value is -3.67. The van der Waals surface area contributed by atoms with E-state index in [4.69, 9.17) is 28.4 Å². The molecule has 0 atom stereocenters. The Morgan fingerprint density at radius 2 is 0.946 bits per heavy atom. The lowest BCUT2D eigenvalue weighted by molar-refractivity contribution is -0.140. The minimum Gasteiger partial charge on any atom is -0.491 e. The van der Waals surface area contributed by atoms with Crippen molar-refractivity contribution in [2.75, 3.05) is 52.9 Å². The second kappa shape index (κ2) is 16.1. The lowest BCUT2D eigenvalue weighted by Gasteiger charge is -2.10. The van der Waals surface area contributed by atoms with Gasteiger partial charge in [-0.15, -0.1) is 0 Å². The van der Waals surface area contributed by atoms with Gasteiger partial charge in [-0.05, 0) is 48.5 Å². The van der Waals surface area contributed by atoms with Crippen molar-refractivity contribution in [1.29, 1.82) is 0 Å². The molecule has 0 radical (unpaired) electrons. The number of ether oxygens (including phenoxy) is 6. The van der Waals surface area contributed by atoms with Crippen molar-refractivity contribution in [3.05, 3.63) is 73.8 Å². The van der Waals surface area contributed by atoms with Crippen LogP contribution in [0.2, 0.25) is 0 Å². The number of benzene rings is 2. The Morgan fingerprint density at radius 1 is 0.595 bits per heavy atom. The van der Waals surface area contributed by atoms with E-state index in [9.17, 15) is 18.0 Å². The average Bonchev–Trinajstić information content (AvgIpc) is 2.92. The highest BCUT2D eigenvalue weighted by molar-refractivity contribution is 7.91. The molecule has 2 rings (SSSR count). The Labute approximate surface area is 216 Å². The number of hydrogen-bond acceptors (Lipinski definition) is 10. The molecule has 0 heterocycles. The molecule has 0 aromatic heterocycles. The fourth-order valence-electron chi connectivity index (χ4n) is 2.73. The molecule has 0 fully saturated rings. The third-order valence-corrected chi connectivity index (χ3v) is 6.32. The summed E-state index contributed by atoms with van der Waals surface area (Å²) >= 11 is 0. The summed E-state index contributed by atoms with van der Waals surface area (Å²) in [5.41, 5.74) is 0. The summed E-state index contributed by atoms with van der Waals surface area (Å²) in [6.45, 7) is 8.33. The molecule has 0 aliphatic heterocycles. The molecular weight excluding hydrogens is 504 g/mol. The molecule has 0 N–H and O–H groups in total. The van der Waals surface area contributed by atoms with Crippen LogP contribution >= 0.6 is 0 Å². The van der Waals surface area contributed by atoms with Gasteiger partial charge < -0.3 is 28.4 Å². The van der Waals surface area contributed by atoms with E-state index in [1.165, 1.54) is 24.3 Å². The first-order valence-electron chi connectivity index (χ1n) is 11.3. The normalized spacial score (nSPS) is 10.8. The first-order valence-corrected chi connectivity index (χ1v) is 12.8. The highest BCUT2D eigenvalue weighted by Gasteiger charge is 2.17. The van der Waals surface area contributed by atoms with Crippen molar-refractivity contribution in [3.63, 3.8) is 0 Å². The first kappa shape index (κ1) is 29.6. The fourth-order valence-corrected chi connectivity index (χ4v) is 3.99. The highest BCUT2D eigenvalue weighted by Crippen LogP contribution is 2.25. The van der Waals surface area contributed by atoms with E-state index in [0.717, 1.165) is 12.2 Å². The smallest absolute Gasteiger partial charge is 0.330 e. The van der Waals surface area contributed by atoms with Crippen LogP contribution in [0.15, 0.2) is 83.6 Å².